The number of rotatable bonds is 48. The summed E-state index contributed by atoms with van der Waals surface area (Å²) in [4.78, 5) is 369. The molecule has 4 rings (SSSR count). The lowest BCUT2D eigenvalue weighted by molar-refractivity contribution is -0.378. The predicted octanol–water partition coefficient (Wildman–Crippen LogP) is -24.4. The van der Waals surface area contributed by atoms with Crippen LogP contribution in [0.2, 0.25) is 0 Å². The first-order valence-corrected chi connectivity index (χ1v) is 56.4. The van der Waals surface area contributed by atoms with E-state index in [9.17, 15) is 230 Å². The summed E-state index contributed by atoms with van der Waals surface area (Å²) in [5.74, 6) is -8.33. The van der Waals surface area contributed by atoms with Gasteiger partial charge in [0.25, 0.3) is 0 Å². The molecule has 0 radical (unpaired) electrons. The minimum Gasteiger partial charge on any atom is -0.790 e. The molecular weight excluding hydrogens is 2100 g/mol. The zero-order valence-corrected chi connectivity index (χ0v) is 77.6. The highest BCUT2D eigenvalue weighted by Gasteiger charge is 2.59. The van der Waals surface area contributed by atoms with Crippen molar-refractivity contribution >= 4 is 125 Å². The lowest BCUT2D eigenvalue weighted by Crippen LogP contribution is -2.64. The van der Waals surface area contributed by atoms with Gasteiger partial charge in [-0.15, -0.1) is 0 Å². The van der Waals surface area contributed by atoms with Gasteiger partial charge in [-0.1, -0.05) is 55.4 Å². The Morgan fingerprint density at radius 1 is 0.143 bits per heavy atom. The quantitative estimate of drug-likeness (QED) is 0.0403. The van der Waals surface area contributed by atoms with Crippen LogP contribution in [-0.4, -0.2) is 175 Å². The van der Waals surface area contributed by atoms with Gasteiger partial charge in [0.15, 0.2) is 0 Å². The van der Waals surface area contributed by atoms with Crippen molar-refractivity contribution in [3.8, 4) is 0 Å². The summed E-state index contributed by atoms with van der Waals surface area (Å²) in [6.07, 6.45) is -56.0. The van der Waals surface area contributed by atoms with E-state index in [2.05, 4.69) is 72.4 Å². The molecule has 126 heavy (non-hydrogen) atoms. The number of phosphoric ester groups is 16. The second-order valence-corrected chi connectivity index (χ2v) is 42.0. The molecule has 4 saturated carbocycles. The second-order valence-electron chi connectivity index (χ2n) is 24.3. The predicted molar refractivity (Wildman–Crippen MR) is 320 cm³/mol. The minimum absolute atomic E-state index is 0.660. The molecule has 0 saturated heterocycles. The van der Waals surface area contributed by atoms with E-state index >= 15 is 0 Å². The van der Waals surface area contributed by atoms with Crippen LogP contribution in [0.25, 0.3) is 0 Å². The summed E-state index contributed by atoms with van der Waals surface area (Å²) in [7, 11) is -103. The highest BCUT2D eigenvalue weighted by Crippen LogP contribution is 2.55. The van der Waals surface area contributed by atoms with E-state index in [0.717, 1.165) is 13.8 Å². The molecule has 0 N–H and O–H groups in total. The molecule has 0 unspecified atom stereocenters. The molecule has 0 aromatic carbocycles. The third kappa shape index (κ3) is 49.9. The van der Waals surface area contributed by atoms with Crippen molar-refractivity contribution in [3.63, 3.8) is 0 Å². The Hall–Kier alpha value is 1.52. The molecule has 756 valence electrons. The molecule has 70 nitrogen and oxygen atoms in total. The fourth-order valence-electron chi connectivity index (χ4n) is 12.0. The van der Waals surface area contributed by atoms with Gasteiger partial charge in [0.1, 0.15) is 73.2 Å². The second kappa shape index (κ2) is 50.1. The van der Waals surface area contributed by atoms with Gasteiger partial charge in [0, 0.05) is 23.7 Å². The van der Waals surface area contributed by atoms with Crippen LogP contribution in [0.1, 0.15) is 55.4 Å². The van der Waals surface area contributed by atoms with Gasteiger partial charge in [0.05, 0.1) is 227 Å². The van der Waals surface area contributed by atoms with Crippen LogP contribution in [0.5, 0.6) is 0 Å². The van der Waals surface area contributed by atoms with Crippen LogP contribution < -0.4 is 157 Å². The van der Waals surface area contributed by atoms with Crippen molar-refractivity contribution in [1.29, 1.82) is 0 Å². The smallest absolute Gasteiger partial charge is 0.121 e. The van der Waals surface area contributed by atoms with E-state index in [1.165, 1.54) is 0 Å². The lowest BCUT2D eigenvalue weighted by atomic mass is 9.79. The van der Waals surface area contributed by atoms with Gasteiger partial charge in [0.2, 0.25) is 0 Å². The normalized spacial score (nSPS) is 30.7. The van der Waals surface area contributed by atoms with Gasteiger partial charge in [-0.2, -0.15) is 0 Å². The average molecular weight is 2160 g/mol. The molecule has 4 aliphatic carbocycles. The van der Waals surface area contributed by atoms with E-state index in [-0.39, 0.29) is 0 Å². The maximum absolute atomic E-state index is 11.6. The van der Waals surface area contributed by atoms with Crippen molar-refractivity contribution in [1.82, 2.24) is 0 Å². The van der Waals surface area contributed by atoms with Crippen molar-refractivity contribution in [2.45, 2.75) is 177 Å². The number of phosphoric acid groups is 16. The highest BCUT2D eigenvalue weighted by atomic mass is 31.2. The van der Waals surface area contributed by atoms with E-state index in [0.29, 0.717) is 13.8 Å². The Kier molecular flexibility index (Phi) is 49.9. The first kappa shape index (κ1) is 126. The van der Waals surface area contributed by atoms with Crippen LogP contribution in [0.4, 0.5) is 0 Å². The molecule has 4 aliphatic rings. The van der Waals surface area contributed by atoms with Crippen molar-refractivity contribution in [2.24, 2.45) is 23.7 Å². The summed E-state index contributed by atoms with van der Waals surface area (Å²) in [5.41, 5.74) is 0. The van der Waals surface area contributed by atoms with Crippen molar-refractivity contribution in [3.05, 3.63) is 0 Å². The lowest BCUT2D eigenvalue weighted by Gasteiger charge is -2.55. The number of ether oxygens (including phenoxy) is 6. The van der Waals surface area contributed by atoms with Gasteiger partial charge in [-0.3, -0.25) is 0 Å². The summed E-state index contributed by atoms with van der Waals surface area (Å²) >= 11 is 0. The van der Waals surface area contributed by atoms with Crippen LogP contribution in [0.15, 0.2) is 0 Å². The van der Waals surface area contributed by atoms with E-state index < -0.39 is 324 Å². The maximum Gasteiger partial charge on any atom is 0.121 e. The molecule has 86 heteroatoms. The highest BCUT2D eigenvalue weighted by molar-refractivity contribution is 7.47. The first-order chi connectivity index (χ1) is 56.1. The Bertz CT molecular complexity index is 3930. The van der Waals surface area contributed by atoms with E-state index in [1.807, 2.05) is 27.7 Å². The van der Waals surface area contributed by atoms with Crippen LogP contribution >= 0.6 is 125 Å². The Balaban J connectivity index is 0.00000121. The van der Waals surface area contributed by atoms with E-state index in [1.54, 1.807) is 0 Å². The molecule has 0 spiro atoms. The third-order valence-electron chi connectivity index (χ3n) is 15.5. The van der Waals surface area contributed by atoms with Crippen LogP contribution in [0, 0.1) is 23.7 Å². The molecule has 0 heterocycles. The molecule has 0 aromatic rings. The Morgan fingerprint density at radius 2 is 0.230 bits per heavy atom. The molecule has 0 aliphatic heterocycles. The van der Waals surface area contributed by atoms with E-state index in [4.69, 9.17) is 28.4 Å². The number of hydrogen-bond acceptors (Lipinski definition) is 70. The average Bonchev–Trinajstić information content (AvgIpc) is 0.771. The Morgan fingerprint density at radius 3 is 0.365 bits per heavy atom. The minimum atomic E-state index is -6.52. The van der Waals surface area contributed by atoms with Gasteiger partial charge < -0.3 is 330 Å². The van der Waals surface area contributed by atoms with Gasteiger partial charge in [-0.05, 0) is 0 Å². The summed E-state index contributed by atoms with van der Waals surface area (Å²) in [6, 6.07) is 0. The fraction of sp³-hybridized carbons (Fsp3) is 1.00. The summed E-state index contributed by atoms with van der Waals surface area (Å²) < 4.78 is 281. The monoisotopic (exact) mass is 2160 g/mol. The molecule has 0 amide bonds. The molecule has 24 atom stereocenters. The van der Waals surface area contributed by atoms with Crippen LogP contribution in [0.3, 0.4) is 0 Å². The zero-order valence-electron chi connectivity index (χ0n) is 63.2. The fourth-order valence-corrected chi connectivity index (χ4v) is 21.0. The molecule has 0 bridgehead atoms. The first-order valence-electron chi connectivity index (χ1n) is 33.0. The zero-order chi connectivity index (χ0) is 99.1. The molecular formula is C40H64O70P16-32. The number of hydrogen-bond donors (Lipinski definition) is 0. The summed E-state index contributed by atoms with van der Waals surface area (Å²) in [6.45, 7) is 3.03. The van der Waals surface area contributed by atoms with Crippen LogP contribution in [-0.2, 0) is 174 Å². The SMILES string of the molecule is CC.CC.C[C@@H]1[C@H](OCCOCCO[C@H]2[C@@H](OP(=O)([O-])[O-])[C@H](OP(=O)([O-])[O-])[C@@H](OP(=O)([O-])[O-])[C@H](C)[C@H]2OP(=O)([O-])[O-])[C@H](OP(=O)([O-])[O-])[C@@H](OP(=O)([O-])[O-])[C@H](OP(=O)([O-])[O-])[C@H]1OP(=O)([O-])[O-].C[C@@H]1[C@H](OP(=O)([O-])[O-])[C@H](OP(=O)([O-])[O-])[C@@H](OP(=O)([O-])[O-])[C@H](OCCOCCO[C@H]2[C@H](C)[C@@H](OP(=O)([O-])[O-])[C@@H](OP(=O)([O-])[O-])[C@@H](OP(=O)([O-])[O-])[C@@H]2OP(=O)([O-])[O-])[C@H]1OP(=O)([O-])[O-]. The largest absolute Gasteiger partial charge is 0.790 e. The van der Waals surface area contributed by atoms with Crippen molar-refractivity contribution < 1.29 is 330 Å². The standard InChI is InChI=1S/2C18H42O35P8.2C2H6/c2*1-7-9(14(49-57(28,29)30)18(53-61(40,41)42)16(51-59(34,35)36)11(7)47-55(22,23)24)44-5-3-43-4-6-45-13-10(46-54(19,20)21)8(2)12(48-56(25,26)27)15(50-58(31,32)33)17(13)52-60(37,38)39;2*1-2/h2*7-18H,3-6H2,1-2H3,(H2,19,20,21)(H2,22,23,24)(H2,25,26,27)(H2,28,29,30)(H2,31,32,33)(H2,34,35,36)(H2,37,38,39)(H2,40,41,42);2*1-2H3/p-32/t7-,8-,9+,10-,11+,12+,13-,14+,15-,16-,17-,18-;7-,8-,9-,10-,11+,12-,13+,14+,15-,16+,17-,18-;;/m10../s1. The topological polar surface area (TPSA) is 1210 Å². The van der Waals surface area contributed by atoms with Gasteiger partial charge >= 0.3 is 0 Å². The Labute approximate surface area is 707 Å². The molecule has 4 fully saturated rings. The van der Waals surface area contributed by atoms with Gasteiger partial charge in [-0.25, -0.2) is 0 Å². The third-order valence-corrected chi connectivity index (χ3v) is 23.5. The van der Waals surface area contributed by atoms with Crippen molar-refractivity contribution in [2.75, 3.05) is 52.9 Å². The molecule has 0 aromatic heterocycles. The maximum atomic E-state index is 11.6. The summed E-state index contributed by atoms with van der Waals surface area (Å²) in [5, 5.41) is 0.